The maximum Gasteiger partial charge on any atom is 0.157 e. The Kier molecular flexibility index (Phi) is 2.07. The summed E-state index contributed by atoms with van der Waals surface area (Å²) in [6.07, 6.45) is 0. The summed E-state index contributed by atoms with van der Waals surface area (Å²) in [7, 11) is 0. The molecule has 0 saturated carbocycles. The molecule has 0 bridgehead atoms. The molecule has 2 aromatic carbocycles. The van der Waals surface area contributed by atoms with Crippen LogP contribution in [0.4, 0.5) is 4.39 Å². The summed E-state index contributed by atoms with van der Waals surface area (Å²) < 4.78 is 19.6. The molecule has 0 aliphatic carbocycles. The Morgan fingerprint density at radius 2 is 2.06 bits per heavy atom. The first kappa shape index (κ1) is 10.1. The van der Waals surface area contributed by atoms with E-state index in [2.05, 4.69) is 0 Å². The lowest BCUT2D eigenvalue weighted by Gasteiger charge is -1.97. The molecule has 17 heavy (non-hydrogen) atoms. The van der Waals surface area contributed by atoms with Crippen molar-refractivity contribution in [1.82, 2.24) is 0 Å². The van der Waals surface area contributed by atoms with Gasteiger partial charge in [-0.05, 0) is 12.1 Å². The van der Waals surface area contributed by atoms with E-state index in [1.165, 1.54) is 6.07 Å². The van der Waals surface area contributed by atoms with E-state index < -0.39 is 5.82 Å². The third kappa shape index (κ3) is 1.31. The van der Waals surface area contributed by atoms with Gasteiger partial charge < -0.3 is 4.42 Å². The fourth-order valence-corrected chi connectivity index (χ4v) is 2.15. The van der Waals surface area contributed by atoms with Gasteiger partial charge in [0.15, 0.2) is 11.4 Å². The van der Waals surface area contributed by atoms with Crippen molar-refractivity contribution in [1.29, 1.82) is 5.26 Å². The molecule has 1 heterocycles. The molecule has 0 unspecified atom stereocenters. The highest BCUT2D eigenvalue weighted by molar-refractivity contribution is 6.36. The van der Waals surface area contributed by atoms with Crippen LogP contribution in [0.25, 0.3) is 21.9 Å². The third-order valence-corrected chi connectivity index (χ3v) is 2.94. The Balaban J connectivity index is 2.64. The van der Waals surface area contributed by atoms with Gasteiger partial charge in [-0.3, -0.25) is 0 Å². The molecule has 0 aliphatic rings. The SMILES string of the molecule is N#Cc1cc(Cl)c2oc3ccccc3c2c1F. The molecule has 0 fully saturated rings. The number of rotatable bonds is 0. The quantitative estimate of drug-likeness (QED) is 0.594. The minimum Gasteiger partial charge on any atom is -0.454 e. The zero-order valence-corrected chi connectivity index (χ0v) is 9.25. The summed E-state index contributed by atoms with van der Waals surface area (Å²) in [5, 5.41) is 9.97. The van der Waals surface area contributed by atoms with Gasteiger partial charge in [-0.2, -0.15) is 5.26 Å². The third-order valence-electron chi connectivity index (χ3n) is 2.66. The largest absolute Gasteiger partial charge is 0.454 e. The molecule has 0 saturated heterocycles. The van der Waals surface area contributed by atoms with E-state index in [0.29, 0.717) is 11.0 Å². The number of nitrogens with zero attached hydrogens (tertiary/aromatic N) is 1. The van der Waals surface area contributed by atoms with E-state index in [0.717, 1.165) is 0 Å². The predicted octanol–water partition coefficient (Wildman–Crippen LogP) is 4.25. The van der Waals surface area contributed by atoms with Crippen molar-refractivity contribution in [2.45, 2.75) is 0 Å². The van der Waals surface area contributed by atoms with Gasteiger partial charge in [0.1, 0.15) is 11.7 Å². The van der Waals surface area contributed by atoms with Crippen LogP contribution in [0.3, 0.4) is 0 Å². The first-order valence-corrected chi connectivity index (χ1v) is 5.29. The van der Waals surface area contributed by atoms with Crippen molar-refractivity contribution in [2.24, 2.45) is 0 Å². The summed E-state index contributed by atoms with van der Waals surface area (Å²) in [4.78, 5) is 0. The molecule has 2 nitrogen and oxygen atoms in total. The molecule has 1 aromatic heterocycles. The Bertz CT molecular complexity index is 785. The van der Waals surface area contributed by atoms with Crippen molar-refractivity contribution in [3.05, 3.63) is 46.7 Å². The molecule has 0 spiro atoms. The summed E-state index contributed by atoms with van der Waals surface area (Å²) in [5.41, 5.74) is 0.761. The van der Waals surface area contributed by atoms with Gasteiger partial charge in [0.25, 0.3) is 0 Å². The van der Waals surface area contributed by atoms with Crippen LogP contribution in [0.15, 0.2) is 34.7 Å². The zero-order chi connectivity index (χ0) is 12.0. The lowest BCUT2D eigenvalue weighted by atomic mass is 10.1. The van der Waals surface area contributed by atoms with E-state index >= 15 is 0 Å². The average molecular weight is 246 g/mol. The molecule has 0 aliphatic heterocycles. The Hall–Kier alpha value is -2.05. The second-order valence-corrected chi connectivity index (χ2v) is 4.04. The monoisotopic (exact) mass is 245 g/mol. The number of hydrogen-bond donors (Lipinski definition) is 0. The van der Waals surface area contributed by atoms with Gasteiger partial charge in [0.05, 0.1) is 16.0 Å². The predicted molar refractivity (Wildman–Crippen MR) is 63.4 cm³/mol. The minimum absolute atomic E-state index is 0.0750. The van der Waals surface area contributed by atoms with Crippen LogP contribution in [0, 0.1) is 17.1 Å². The van der Waals surface area contributed by atoms with Crippen molar-refractivity contribution in [2.75, 3.05) is 0 Å². The number of halogens is 2. The molecule has 0 atom stereocenters. The maximum atomic E-state index is 14.1. The fourth-order valence-electron chi connectivity index (χ4n) is 1.90. The lowest BCUT2D eigenvalue weighted by molar-refractivity contribution is 0.630. The van der Waals surface area contributed by atoms with E-state index in [1.807, 2.05) is 0 Å². The molecule has 82 valence electrons. The molecule has 3 aromatic rings. The normalized spacial score (nSPS) is 10.9. The van der Waals surface area contributed by atoms with Gasteiger partial charge in [0, 0.05) is 5.39 Å². The standard InChI is InChI=1S/C13H5ClFNO/c14-9-5-7(6-16)12(15)11-8-3-1-2-4-10(8)17-13(9)11/h1-5H. The Labute approximate surface area is 101 Å². The minimum atomic E-state index is -0.586. The highest BCUT2D eigenvalue weighted by atomic mass is 35.5. The van der Waals surface area contributed by atoms with Crippen LogP contribution in [0.5, 0.6) is 0 Å². The van der Waals surface area contributed by atoms with Gasteiger partial charge in [-0.15, -0.1) is 0 Å². The van der Waals surface area contributed by atoms with Crippen LogP contribution < -0.4 is 0 Å². The molecular formula is C13H5ClFNO. The summed E-state index contributed by atoms with van der Waals surface area (Å²) >= 11 is 5.97. The van der Waals surface area contributed by atoms with E-state index in [9.17, 15) is 4.39 Å². The van der Waals surface area contributed by atoms with E-state index in [4.69, 9.17) is 21.3 Å². The van der Waals surface area contributed by atoms with Gasteiger partial charge in [-0.25, -0.2) is 4.39 Å². The molecule has 0 N–H and O–H groups in total. The van der Waals surface area contributed by atoms with Gasteiger partial charge in [0.2, 0.25) is 0 Å². The molecule has 0 radical (unpaired) electrons. The summed E-state index contributed by atoms with van der Waals surface area (Å²) in [6, 6.07) is 10.1. The highest BCUT2D eigenvalue weighted by Crippen LogP contribution is 2.36. The van der Waals surface area contributed by atoms with Gasteiger partial charge in [-0.1, -0.05) is 29.8 Å². The molecule has 0 amide bonds. The number of para-hydroxylation sites is 1. The summed E-state index contributed by atoms with van der Waals surface area (Å²) in [5.74, 6) is -0.586. The lowest BCUT2D eigenvalue weighted by Crippen LogP contribution is -1.85. The van der Waals surface area contributed by atoms with Crippen LogP contribution in [-0.2, 0) is 0 Å². The van der Waals surface area contributed by atoms with Crippen LogP contribution >= 0.6 is 11.6 Å². The van der Waals surface area contributed by atoms with E-state index in [-0.39, 0.29) is 21.6 Å². The van der Waals surface area contributed by atoms with Crippen LogP contribution in [0.1, 0.15) is 5.56 Å². The molecule has 3 rings (SSSR count). The second-order valence-electron chi connectivity index (χ2n) is 3.63. The topological polar surface area (TPSA) is 36.9 Å². The smallest absolute Gasteiger partial charge is 0.157 e. The zero-order valence-electron chi connectivity index (χ0n) is 8.50. The van der Waals surface area contributed by atoms with Crippen LogP contribution in [-0.4, -0.2) is 0 Å². The van der Waals surface area contributed by atoms with Crippen molar-refractivity contribution < 1.29 is 8.81 Å². The Morgan fingerprint density at radius 1 is 1.29 bits per heavy atom. The number of nitriles is 1. The van der Waals surface area contributed by atoms with Crippen molar-refractivity contribution >= 4 is 33.5 Å². The number of fused-ring (bicyclic) bond motifs is 3. The van der Waals surface area contributed by atoms with Crippen LogP contribution in [0.2, 0.25) is 5.02 Å². The second kappa shape index (κ2) is 3.47. The van der Waals surface area contributed by atoms with Crippen molar-refractivity contribution in [3.63, 3.8) is 0 Å². The fraction of sp³-hybridized carbons (Fsp3) is 0. The highest BCUT2D eigenvalue weighted by Gasteiger charge is 2.17. The maximum absolute atomic E-state index is 14.1. The van der Waals surface area contributed by atoms with E-state index in [1.54, 1.807) is 30.3 Å². The molecular weight excluding hydrogens is 241 g/mol. The van der Waals surface area contributed by atoms with Crippen molar-refractivity contribution in [3.8, 4) is 6.07 Å². The number of furan rings is 1. The summed E-state index contributed by atoms with van der Waals surface area (Å²) in [6.45, 7) is 0. The van der Waals surface area contributed by atoms with Gasteiger partial charge >= 0.3 is 0 Å². The number of hydrogen-bond acceptors (Lipinski definition) is 2. The number of benzene rings is 2. The molecule has 4 heteroatoms. The Morgan fingerprint density at radius 3 is 2.82 bits per heavy atom. The first-order valence-electron chi connectivity index (χ1n) is 4.91. The average Bonchev–Trinajstić information content (AvgIpc) is 2.73. The first-order chi connectivity index (χ1) is 8.22.